The van der Waals surface area contributed by atoms with Crippen LogP contribution in [-0.2, 0) is 0 Å². The number of benzene rings is 1. The second-order valence-electron chi connectivity index (χ2n) is 5.95. The maximum Gasteiger partial charge on any atom is 0.339 e. The number of carbonyl (C=O) groups is 1. The minimum Gasteiger partial charge on any atom is -0.478 e. The minimum absolute atomic E-state index is 0.105. The number of hydrogen-bond donors (Lipinski definition) is 1. The highest BCUT2D eigenvalue weighted by atomic mass is 19.3. The molecule has 6 heteroatoms. The molecule has 23 heavy (non-hydrogen) atoms. The zero-order chi connectivity index (χ0) is 16.6. The van der Waals surface area contributed by atoms with Gasteiger partial charge in [-0.15, -0.1) is 0 Å². The van der Waals surface area contributed by atoms with Crippen LogP contribution < -0.4 is 4.90 Å². The van der Waals surface area contributed by atoms with E-state index < -0.39 is 11.9 Å². The Morgan fingerprint density at radius 2 is 2.00 bits per heavy atom. The lowest BCUT2D eigenvalue weighted by Crippen LogP contribution is -2.29. The fraction of sp³-hybridized carbons (Fsp3) is 0.412. The van der Waals surface area contributed by atoms with Gasteiger partial charge < -0.3 is 10.0 Å². The fourth-order valence-electron chi connectivity index (χ4n) is 3.12. The summed E-state index contributed by atoms with van der Waals surface area (Å²) in [7, 11) is 0. The average Bonchev–Trinajstić information content (AvgIpc) is 2.67. The van der Waals surface area contributed by atoms with Gasteiger partial charge in [0.1, 0.15) is 11.4 Å². The maximum atomic E-state index is 13.6. The van der Waals surface area contributed by atoms with E-state index in [0.29, 0.717) is 29.9 Å². The molecule has 0 atom stereocenters. The van der Waals surface area contributed by atoms with Gasteiger partial charge in [0.15, 0.2) is 0 Å². The number of pyridine rings is 1. The summed E-state index contributed by atoms with van der Waals surface area (Å²) >= 11 is 0. The normalized spacial score (nSPS) is 18.0. The van der Waals surface area contributed by atoms with Crippen LogP contribution in [-0.4, -0.2) is 35.1 Å². The van der Waals surface area contributed by atoms with Gasteiger partial charge in [-0.3, -0.25) is 0 Å². The number of carboxylic acids is 1. The Kier molecular flexibility index (Phi) is 3.92. The Bertz CT molecular complexity index is 762. The van der Waals surface area contributed by atoms with E-state index in [4.69, 9.17) is 0 Å². The lowest BCUT2D eigenvalue weighted by molar-refractivity contribution is -0.0102. The molecule has 0 radical (unpaired) electrons. The predicted molar refractivity (Wildman–Crippen MR) is 84.5 cm³/mol. The number of halogens is 2. The molecule has 0 amide bonds. The zero-order valence-electron chi connectivity index (χ0n) is 12.9. The molecule has 2 aromatic rings. The molecule has 1 aromatic heterocycles. The zero-order valence-corrected chi connectivity index (χ0v) is 12.9. The quantitative estimate of drug-likeness (QED) is 0.913. The summed E-state index contributed by atoms with van der Waals surface area (Å²) in [6, 6.07) is 7.29. The summed E-state index contributed by atoms with van der Waals surface area (Å²) in [5.74, 6) is -3.47. The number of alkyl halides is 2. The number of rotatable bonds is 2. The van der Waals surface area contributed by atoms with E-state index in [1.165, 1.54) is 0 Å². The Hall–Kier alpha value is -2.24. The summed E-state index contributed by atoms with van der Waals surface area (Å²) in [6.45, 7) is 2.24. The molecule has 1 N–H and O–H groups in total. The van der Waals surface area contributed by atoms with Crippen molar-refractivity contribution in [3.63, 3.8) is 0 Å². The third-order valence-electron chi connectivity index (χ3n) is 4.36. The molecular formula is C17H18F2N2O2. The van der Waals surface area contributed by atoms with Gasteiger partial charge in [0.05, 0.1) is 5.52 Å². The highest BCUT2D eigenvalue weighted by Gasteiger charge is 2.33. The molecule has 2 heterocycles. The maximum absolute atomic E-state index is 13.6. The van der Waals surface area contributed by atoms with Crippen LogP contribution in [0.15, 0.2) is 24.3 Å². The average molecular weight is 320 g/mol. The van der Waals surface area contributed by atoms with Gasteiger partial charge in [0.2, 0.25) is 5.92 Å². The lowest BCUT2D eigenvalue weighted by Gasteiger charge is -2.24. The van der Waals surface area contributed by atoms with Crippen molar-refractivity contribution >= 4 is 22.7 Å². The molecule has 1 fully saturated rings. The SMILES string of the molecule is Cc1c(C(=O)O)c(N2CCCC(F)(F)CC2)nc2ccccc12. The Labute approximate surface area is 132 Å². The molecule has 1 aliphatic rings. The number of aromatic nitrogens is 1. The molecule has 0 bridgehead atoms. The van der Waals surface area contributed by atoms with Crippen molar-refractivity contribution in [1.82, 2.24) is 4.98 Å². The first-order valence-corrected chi connectivity index (χ1v) is 7.64. The van der Waals surface area contributed by atoms with Gasteiger partial charge in [-0.05, 0) is 25.0 Å². The number of anilines is 1. The number of para-hydroxylation sites is 1. The monoisotopic (exact) mass is 320 g/mol. The first-order chi connectivity index (χ1) is 10.9. The highest BCUT2D eigenvalue weighted by molar-refractivity contribution is 6.01. The predicted octanol–water partition coefficient (Wildman–Crippen LogP) is 3.87. The van der Waals surface area contributed by atoms with Crippen LogP contribution in [0.2, 0.25) is 0 Å². The Balaban J connectivity index is 2.12. The smallest absolute Gasteiger partial charge is 0.339 e. The van der Waals surface area contributed by atoms with Gasteiger partial charge in [-0.2, -0.15) is 0 Å². The topological polar surface area (TPSA) is 53.4 Å². The molecule has 122 valence electrons. The van der Waals surface area contributed by atoms with Crippen LogP contribution in [0.25, 0.3) is 10.9 Å². The number of hydrogen-bond acceptors (Lipinski definition) is 3. The Morgan fingerprint density at radius 1 is 1.26 bits per heavy atom. The molecule has 3 rings (SSSR count). The third kappa shape index (κ3) is 2.98. The fourth-order valence-corrected chi connectivity index (χ4v) is 3.12. The van der Waals surface area contributed by atoms with Crippen LogP contribution >= 0.6 is 0 Å². The molecule has 0 spiro atoms. The lowest BCUT2D eigenvalue weighted by atomic mass is 10.0. The summed E-state index contributed by atoms with van der Waals surface area (Å²) in [4.78, 5) is 17.9. The van der Waals surface area contributed by atoms with Gasteiger partial charge in [-0.1, -0.05) is 18.2 Å². The van der Waals surface area contributed by atoms with E-state index in [1.807, 2.05) is 24.3 Å². The van der Waals surface area contributed by atoms with E-state index in [0.717, 1.165) is 5.39 Å². The van der Waals surface area contributed by atoms with Crippen LogP contribution in [0.4, 0.5) is 14.6 Å². The van der Waals surface area contributed by atoms with Crippen LogP contribution in [0.3, 0.4) is 0 Å². The number of carboxylic acid groups (broad SMARTS) is 1. The first kappa shape index (κ1) is 15.6. The van der Waals surface area contributed by atoms with Crippen molar-refractivity contribution in [1.29, 1.82) is 0 Å². The van der Waals surface area contributed by atoms with Gasteiger partial charge >= 0.3 is 5.97 Å². The van der Waals surface area contributed by atoms with Crippen molar-refractivity contribution in [2.24, 2.45) is 0 Å². The van der Waals surface area contributed by atoms with Crippen LogP contribution in [0, 0.1) is 6.92 Å². The summed E-state index contributed by atoms with van der Waals surface area (Å²) < 4.78 is 27.2. The van der Waals surface area contributed by atoms with Gasteiger partial charge in [0, 0.05) is 31.3 Å². The second kappa shape index (κ2) is 5.76. The summed E-state index contributed by atoms with van der Waals surface area (Å²) in [5.41, 5.74) is 1.41. The van der Waals surface area contributed by atoms with Crippen LogP contribution in [0.5, 0.6) is 0 Å². The molecule has 0 aliphatic carbocycles. The standard InChI is InChI=1S/C17H18F2N2O2/c1-11-12-5-2-3-6-13(12)20-15(14(11)16(22)23)21-9-4-7-17(18,19)8-10-21/h2-3,5-6H,4,7-10H2,1H3,(H,22,23). The van der Waals surface area contributed by atoms with Crippen molar-refractivity contribution in [3.8, 4) is 0 Å². The third-order valence-corrected chi connectivity index (χ3v) is 4.36. The van der Waals surface area contributed by atoms with E-state index >= 15 is 0 Å². The molecule has 0 unspecified atom stereocenters. The van der Waals surface area contributed by atoms with E-state index in [-0.39, 0.29) is 24.9 Å². The minimum atomic E-state index is -2.69. The molecule has 0 saturated carbocycles. The van der Waals surface area contributed by atoms with Crippen molar-refractivity contribution in [3.05, 3.63) is 35.4 Å². The molecular weight excluding hydrogens is 302 g/mol. The second-order valence-corrected chi connectivity index (χ2v) is 5.95. The van der Waals surface area contributed by atoms with Crippen molar-refractivity contribution in [2.45, 2.75) is 32.1 Å². The largest absolute Gasteiger partial charge is 0.478 e. The van der Waals surface area contributed by atoms with E-state index in [2.05, 4.69) is 4.98 Å². The number of fused-ring (bicyclic) bond motifs is 1. The highest BCUT2D eigenvalue weighted by Crippen LogP contribution is 2.33. The molecule has 1 saturated heterocycles. The number of aromatic carboxylic acids is 1. The van der Waals surface area contributed by atoms with Gasteiger partial charge in [-0.25, -0.2) is 18.6 Å². The summed E-state index contributed by atoms with van der Waals surface area (Å²) in [6.07, 6.45) is -0.127. The summed E-state index contributed by atoms with van der Waals surface area (Å²) in [5, 5.41) is 10.4. The van der Waals surface area contributed by atoms with Crippen molar-refractivity contribution in [2.75, 3.05) is 18.0 Å². The van der Waals surface area contributed by atoms with Gasteiger partial charge in [0.25, 0.3) is 0 Å². The van der Waals surface area contributed by atoms with E-state index in [9.17, 15) is 18.7 Å². The Morgan fingerprint density at radius 3 is 2.74 bits per heavy atom. The number of nitrogens with zero attached hydrogens (tertiary/aromatic N) is 2. The van der Waals surface area contributed by atoms with Crippen LogP contribution in [0.1, 0.15) is 35.2 Å². The van der Waals surface area contributed by atoms with E-state index in [1.54, 1.807) is 11.8 Å². The van der Waals surface area contributed by atoms with Crippen molar-refractivity contribution < 1.29 is 18.7 Å². The number of aryl methyl sites for hydroxylation is 1. The molecule has 1 aromatic carbocycles. The first-order valence-electron chi connectivity index (χ1n) is 7.64. The molecule has 4 nitrogen and oxygen atoms in total. The molecule has 1 aliphatic heterocycles.